The molecule has 1 atom stereocenters. The molecule has 0 radical (unpaired) electrons. The molecule has 0 saturated heterocycles. The summed E-state index contributed by atoms with van der Waals surface area (Å²) in [5.41, 5.74) is 1.46. The molecule has 1 N–H and O–H groups in total. The fourth-order valence-electron chi connectivity index (χ4n) is 1.09. The van der Waals surface area contributed by atoms with Gasteiger partial charge in [0.05, 0.1) is 11.4 Å². The maximum atomic E-state index is 10.8. The Bertz CT molecular complexity index is 352. The lowest BCUT2D eigenvalue weighted by molar-refractivity contribution is -0.139. The Balaban J connectivity index is 3.06. The van der Waals surface area contributed by atoms with Crippen molar-refractivity contribution in [2.24, 2.45) is 0 Å². The molecule has 0 amide bonds. The number of nitrogens with zero attached hydrogens (tertiary/aromatic N) is 3. The Morgan fingerprint density at radius 2 is 2.00 bits per heavy atom. The van der Waals surface area contributed by atoms with Crippen LogP contribution in [0.3, 0.4) is 0 Å². The fourth-order valence-corrected chi connectivity index (χ4v) is 1.09. The second-order valence-electron chi connectivity index (χ2n) is 3.14. The molecular formula is C9H13N3O2. The van der Waals surface area contributed by atoms with E-state index in [9.17, 15) is 4.79 Å². The van der Waals surface area contributed by atoms with Gasteiger partial charge in [-0.15, -0.1) is 5.10 Å². The van der Waals surface area contributed by atoms with Gasteiger partial charge in [0, 0.05) is 0 Å². The monoisotopic (exact) mass is 195 g/mol. The Morgan fingerprint density at radius 1 is 1.36 bits per heavy atom. The smallest absolute Gasteiger partial charge is 0.314 e. The Hall–Kier alpha value is -1.52. The van der Waals surface area contributed by atoms with Crippen LogP contribution in [-0.2, 0) is 4.79 Å². The predicted molar refractivity (Wildman–Crippen MR) is 50.0 cm³/mol. The molecule has 1 unspecified atom stereocenters. The van der Waals surface area contributed by atoms with Gasteiger partial charge in [0.2, 0.25) is 0 Å². The quantitative estimate of drug-likeness (QED) is 0.780. The molecule has 0 aliphatic heterocycles. The summed E-state index contributed by atoms with van der Waals surface area (Å²) in [5.74, 6) is -1.26. The van der Waals surface area contributed by atoms with Crippen LogP contribution >= 0.6 is 0 Å². The number of rotatable bonds is 3. The van der Waals surface area contributed by atoms with E-state index < -0.39 is 11.9 Å². The minimum absolute atomic E-state index is 0.295. The van der Waals surface area contributed by atoms with Crippen LogP contribution in [0, 0.1) is 13.8 Å². The zero-order chi connectivity index (χ0) is 10.7. The van der Waals surface area contributed by atoms with Gasteiger partial charge in [0.25, 0.3) is 0 Å². The molecule has 5 nitrogen and oxygen atoms in total. The summed E-state index contributed by atoms with van der Waals surface area (Å²) in [4.78, 5) is 14.9. The van der Waals surface area contributed by atoms with Gasteiger partial charge in [0.1, 0.15) is 5.92 Å². The minimum Gasteiger partial charge on any atom is -0.481 e. The molecule has 0 spiro atoms. The van der Waals surface area contributed by atoms with Gasteiger partial charge >= 0.3 is 5.97 Å². The van der Waals surface area contributed by atoms with Crippen molar-refractivity contribution in [3.63, 3.8) is 0 Å². The molecule has 1 aromatic rings. The van der Waals surface area contributed by atoms with Crippen LogP contribution in [0.4, 0.5) is 0 Å². The number of carboxylic acids is 1. The van der Waals surface area contributed by atoms with Gasteiger partial charge in [-0.25, -0.2) is 4.98 Å². The molecular weight excluding hydrogens is 182 g/mol. The van der Waals surface area contributed by atoms with Gasteiger partial charge in [-0.05, 0) is 20.3 Å². The number of aromatic nitrogens is 3. The Labute approximate surface area is 82.2 Å². The molecule has 76 valence electrons. The van der Waals surface area contributed by atoms with E-state index in [2.05, 4.69) is 15.2 Å². The first kappa shape index (κ1) is 10.6. The summed E-state index contributed by atoms with van der Waals surface area (Å²) < 4.78 is 0. The van der Waals surface area contributed by atoms with E-state index in [4.69, 9.17) is 5.11 Å². The van der Waals surface area contributed by atoms with Crippen LogP contribution < -0.4 is 0 Å². The van der Waals surface area contributed by atoms with Crippen molar-refractivity contribution >= 4 is 5.97 Å². The number of aryl methyl sites for hydroxylation is 2. The molecule has 1 aromatic heterocycles. The summed E-state index contributed by atoms with van der Waals surface area (Å²) in [6, 6.07) is 0. The van der Waals surface area contributed by atoms with Crippen molar-refractivity contribution in [3.8, 4) is 0 Å². The van der Waals surface area contributed by atoms with E-state index in [1.807, 2.05) is 0 Å². The first-order chi connectivity index (χ1) is 6.56. The molecule has 5 heteroatoms. The molecule has 0 aliphatic carbocycles. The first-order valence-corrected chi connectivity index (χ1v) is 4.46. The van der Waals surface area contributed by atoms with Crippen LogP contribution in [0.2, 0.25) is 0 Å². The summed E-state index contributed by atoms with van der Waals surface area (Å²) >= 11 is 0. The third-order valence-corrected chi connectivity index (χ3v) is 2.13. The molecule has 1 rings (SSSR count). The van der Waals surface area contributed by atoms with Crippen molar-refractivity contribution in [2.45, 2.75) is 33.1 Å². The van der Waals surface area contributed by atoms with Gasteiger partial charge in [-0.2, -0.15) is 5.10 Å². The molecule has 0 bridgehead atoms. The van der Waals surface area contributed by atoms with E-state index >= 15 is 0 Å². The highest BCUT2D eigenvalue weighted by molar-refractivity contribution is 5.74. The second kappa shape index (κ2) is 4.13. The van der Waals surface area contributed by atoms with Crippen LogP contribution in [0.15, 0.2) is 0 Å². The van der Waals surface area contributed by atoms with Crippen molar-refractivity contribution in [1.29, 1.82) is 0 Å². The van der Waals surface area contributed by atoms with Crippen molar-refractivity contribution in [3.05, 3.63) is 17.2 Å². The Morgan fingerprint density at radius 3 is 2.43 bits per heavy atom. The van der Waals surface area contributed by atoms with E-state index in [0.717, 1.165) is 11.4 Å². The van der Waals surface area contributed by atoms with E-state index in [-0.39, 0.29) is 0 Å². The normalized spacial score (nSPS) is 12.5. The zero-order valence-corrected chi connectivity index (χ0v) is 8.48. The predicted octanol–water partition coefficient (Wildman–Crippen LogP) is 1.07. The van der Waals surface area contributed by atoms with Crippen molar-refractivity contribution in [2.75, 3.05) is 0 Å². The zero-order valence-electron chi connectivity index (χ0n) is 8.48. The molecule has 0 aliphatic rings. The van der Waals surface area contributed by atoms with Crippen LogP contribution in [0.5, 0.6) is 0 Å². The largest absolute Gasteiger partial charge is 0.481 e. The average molecular weight is 195 g/mol. The van der Waals surface area contributed by atoms with Gasteiger partial charge in [0.15, 0.2) is 5.82 Å². The lowest BCUT2D eigenvalue weighted by Gasteiger charge is -2.08. The van der Waals surface area contributed by atoms with Crippen LogP contribution in [-0.4, -0.2) is 26.3 Å². The highest BCUT2D eigenvalue weighted by Gasteiger charge is 2.21. The van der Waals surface area contributed by atoms with Crippen molar-refractivity contribution < 1.29 is 9.90 Å². The topological polar surface area (TPSA) is 76.0 Å². The summed E-state index contributed by atoms with van der Waals surface area (Å²) in [7, 11) is 0. The van der Waals surface area contributed by atoms with Crippen LogP contribution in [0.25, 0.3) is 0 Å². The fraction of sp³-hybridized carbons (Fsp3) is 0.556. The average Bonchev–Trinajstić information content (AvgIpc) is 2.11. The number of hydrogen-bond acceptors (Lipinski definition) is 4. The second-order valence-corrected chi connectivity index (χ2v) is 3.14. The Kier molecular flexibility index (Phi) is 3.11. The summed E-state index contributed by atoms with van der Waals surface area (Å²) in [6.45, 7) is 5.38. The van der Waals surface area contributed by atoms with E-state index in [0.29, 0.717) is 12.2 Å². The van der Waals surface area contributed by atoms with E-state index in [1.54, 1.807) is 20.8 Å². The lowest BCUT2D eigenvalue weighted by Crippen LogP contribution is -2.15. The first-order valence-electron chi connectivity index (χ1n) is 4.46. The minimum atomic E-state index is -0.905. The maximum Gasteiger partial charge on any atom is 0.314 e. The van der Waals surface area contributed by atoms with Crippen molar-refractivity contribution in [1.82, 2.24) is 15.2 Å². The maximum absolute atomic E-state index is 10.8. The molecule has 0 saturated carbocycles. The number of aliphatic carboxylic acids is 1. The SMILES string of the molecule is CCC(C(=O)O)c1nnc(C)c(C)n1. The highest BCUT2D eigenvalue weighted by atomic mass is 16.4. The number of hydrogen-bond donors (Lipinski definition) is 1. The highest BCUT2D eigenvalue weighted by Crippen LogP contribution is 2.15. The molecule has 0 fully saturated rings. The van der Waals surface area contributed by atoms with Crippen LogP contribution in [0.1, 0.15) is 36.5 Å². The lowest BCUT2D eigenvalue weighted by atomic mass is 10.1. The molecule has 1 heterocycles. The number of carbonyl (C=O) groups is 1. The third-order valence-electron chi connectivity index (χ3n) is 2.13. The molecule has 0 aromatic carbocycles. The summed E-state index contributed by atoms with van der Waals surface area (Å²) in [6.07, 6.45) is 0.472. The van der Waals surface area contributed by atoms with E-state index in [1.165, 1.54) is 0 Å². The van der Waals surface area contributed by atoms with Gasteiger partial charge in [-0.3, -0.25) is 4.79 Å². The third kappa shape index (κ3) is 2.04. The molecule has 14 heavy (non-hydrogen) atoms. The summed E-state index contributed by atoms with van der Waals surface area (Å²) in [5, 5.41) is 16.5. The van der Waals surface area contributed by atoms with Gasteiger partial charge in [-0.1, -0.05) is 6.92 Å². The number of carboxylic acid groups (broad SMARTS) is 1. The van der Waals surface area contributed by atoms with Gasteiger partial charge < -0.3 is 5.11 Å². The standard InChI is InChI=1S/C9H13N3O2/c1-4-7(9(13)14)8-10-5(2)6(3)11-12-8/h7H,4H2,1-3H3,(H,13,14).